The average molecular weight is 283 g/mol. The molecule has 0 amide bonds. The molecule has 1 N–H and O–H groups in total. The van der Waals surface area contributed by atoms with Crippen LogP contribution in [0.4, 0.5) is 0 Å². The molecule has 0 spiro atoms. The van der Waals surface area contributed by atoms with Crippen LogP contribution >= 0.6 is 0 Å². The molecule has 0 saturated carbocycles. The molecule has 0 heterocycles. The summed E-state index contributed by atoms with van der Waals surface area (Å²) in [7, 11) is 0. The van der Waals surface area contributed by atoms with Crippen LogP contribution in [0.5, 0.6) is 5.75 Å². The molecule has 0 unspecified atom stereocenters. The van der Waals surface area contributed by atoms with Gasteiger partial charge in [-0.15, -0.1) is 0 Å². The van der Waals surface area contributed by atoms with Gasteiger partial charge in [-0.25, -0.2) is 0 Å². The average Bonchev–Trinajstić information content (AvgIpc) is 2.45. The van der Waals surface area contributed by atoms with Crippen LogP contribution < -0.4 is 10.1 Å². The summed E-state index contributed by atoms with van der Waals surface area (Å²) >= 11 is 0. The lowest BCUT2D eigenvalue weighted by Crippen LogP contribution is -2.12. The first-order chi connectivity index (χ1) is 10.1. The van der Waals surface area contributed by atoms with Gasteiger partial charge in [0.1, 0.15) is 5.75 Å². The second kappa shape index (κ2) is 7.28. The van der Waals surface area contributed by atoms with E-state index in [2.05, 4.69) is 69.4 Å². The van der Waals surface area contributed by atoms with E-state index in [0.717, 1.165) is 18.8 Å². The Hall–Kier alpha value is -1.80. The molecule has 0 aliphatic heterocycles. The number of hydrogen-bond acceptors (Lipinski definition) is 2. The van der Waals surface area contributed by atoms with Crippen molar-refractivity contribution in [3.05, 3.63) is 53.6 Å². The first-order valence-electron chi connectivity index (χ1n) is 7.67. The first-order valence-corrected chi connectivity index (χ1v) is 7.67. The highest BCUT2D eigenvalue weighted by Gasteiger charge is 2.07. The fraction of sp³-hybridized carbons (Fsp3) is 0.368. The third kappa shape index (κ3) is 4.33. The molecule has 2 aromatic rings. The number of aryl methyl sites for hydroxylation is 1. The predicted molar refractivity (Wildman–Crippen MR) is 89.8 cm³/mol. The smallest absolute Gasteiger partial charge is 0.120 e. The van der Waals surface area contributed by atoms with Gasteiger partial charge in [-0.3, -0.25) is 0 Å². The highest BCUT2D eigenvalue weighted by atomic mass is 16.5. The zero-order chi connectivity index (χ0) is 15.2. The van der Waals surface area contributed by atoms with E-state index >= 15 is 0 Å². The quantitative estimate of drug-likeness (QED) is 0.839. The molecule has 0 bridgehead atoms. The van der Waals surface area contributed by atoms with Crippen molar-refractivity contribution in [1.82, 2.24) is 5.32 Å². The second-order valence-corrected chi connectivity index (χ2v) is 5.64. The molecule has 21 heavy (non-hydrogen) atoms. The second-order valence-electron chi connectivity index (χ2n) is 5.64. The Kier molecular flexibility index (Phi) is 5.40. The van der Waals surface area contributed by atoms with Gasteiger partial charge in [0.05, 0.1) is 6.10 Å². The minimum Gasteiger partial charge on any atom is -0.491 e. The predicted octanol–water partition coefficient (Wildman–Crippen LogP) is 4.56. The van der Waals surface area contributed by atoms with E-state index in [1.807, 2.05) is 6.07 Å². The summed E-state index contributed by atoms with van der Waals surface area (Å²) in [5.74, 6) is 0.929. The minimum absolute atomic E-state index is 0.194. The van der Waals surface area contributed by atoms with Crippen molar-refractivity contribution in [2.45, 2.75) is 40.3 Å². The summed E-state index contributed by atoms with van der Waals surface area (Å²) in [5.41, 5.74) is 5.10. The molecule has 2 nitrogen and oxygen atoms in total. The van der Waals surface area contributed by atoms with Gasteiger partial charge >= 0.3 is 0 Å². The van der Waals surface area contributed by atoms with Gasteiger partial charge in [0.25, 0.3) is 0 Å². The van der Waals surface area contributed by atoms with Crippen LogP contribution in [0.25, 0.3) is 11.1 Å². The van der Waals surface area contributed by atoms with Crippen LogP contribution in [0.3, 0.4) is 0 Å². The van der Waals surface area contributed by atoms with Crippen LogP contribution in [0.1, 0.15) is 31.9 Å². The number of rotatable bonds is 6. The Morgan fingerprint density at radius 2 is 1.90 bits per heavy atom. The van der Waals surface area contributed by atoms with Crippen LogP contribution in [0.2, 0.25) is 0 Å². The van der Waals surface area contributed by atoms with Crippen molar-refractivity contribution >= 4 is 0 Å². The van der Waals surface area contributed by atoms with Gasteiger partial charge in [-0.1, -0.05) is 42.8 Å². The fourth-order valence-corrected chi connectivity index (χ4v) is 2.38. The molecule has 2 heteroatoms. The molecule has 0 aliphatic carbocycles. The monoisotopic (exact) mass is 283 g/mol. The van der Waals surface area contributed by atoms with Gasteiger partial charge < -0.3 is 10.1 Å². The lowest BCUT2D eigenvalue weighted by molar-refractivity contribution is 0.242. The van der Waals surface area contributed by atoms with Crippen LogP contribution in [0.15, 0.2) is 42.5 Å². The number of benzene rings is 2. The normalized spacial score (nSPS) is 10.9. The molecule has 0 saturated heterocycles. The van der Waals surface area contributed by atoms with Gasteiger partial charge in [-0.2, -0.15) is 0 Å². The summed E-state index contributed by atoms with van der Waals surface area (Å²) in [6.07, 6.45) is 0.194. The third-order valence-corrected chi connectivity index (χ3v) is 3.35. The Bertz CT molecular complexity index is 590. The molecule has 0 aliphatic rings. The van der Waals surface area contributed by atoms with E-state index in [0.29, 0.717) is 0 Å². The minimum atomic E-state index is 0.194. The van der Waals surface area contributed by atoms with Gasteiger partial charge in [0.15, 0.2) is 0 Å². The zero-order valence-corrected chi connectivity index (χ0v) is 13.4. The SMILES string of the molecule is CCNCc1ccc(C)cc1-c1cccc(OC(C)C)c1. The fourth-order valence-electron chi connectivity index (χ4n) is 2.38. The maximum absolute atomic E-state index is 5.81. The summed E-state index contributed by atoms with van der Waals surface area (Å²) < 4.78 is 5.81. The van der Waals surface area contributed by atoms with E-state index in [1.54, 1.807) is 0 Å². The van der Waals surface area contributed by atoms with E-state index in [9.17, 15) is 0 Å². The van der Waals surface area contributed by atoms with Crippen molar-refractivity contribution < 1.29 is 4.74 Å². The molecule has 0 aromatic heterocycles. The first kappa shape index (κ1) is 15.6. The van der Waals surface area contributed by atoms with Crippen LogP contribution in [-0.4, -0.2) is 12.6 Å². The largest absolute Gasteiger partial charge is 0.491 e. The Morgan fingerprint density at radius 1 is 1.10 bits per heavy atom. The van der Waals surface area contributed by atoms with E-state index in [-0.39, 0.29) is 6.10 Å². The third-order valence-electron chi connectivity index (χ3n) is 3.35. The van der Waals surface area contributed by atoms with Crippen molar-refractivity contribution in [3.8, 4) is 16.9 Å². The molecular formula is C19H25NO. The summed E-state index contributed by atoms with van der Waals surface area (Å²) in [6, 6.07) is 15.0. The van der Waals surface area contributed by atoms with Crippen molar-refractivity contribution in [2.24, 2.45) is 0 Å². The Labute approximate surface area is 128 Å². The molecular weight excluding hydrogens is 258 g/mol. The highest BCUT2D eigenvalue weighted by molar-refractivity contribution is 5.69. The standard InChI is InChI=1S/C19H25NO/c1-5-20-13-17-10-9-15(4)11-19(17)16-7-6-8-18(12-16)21-14(2)3/h6-12,14,20H,5,13H2,1-4H3. The molecule has 0 atom stereocenters. The van der Waals surface area contributed by atoms with Gasteiger partial charge in [0, 0.05) is 6.54 Å². The summed E-state index contributed by atoms with van der Waals surface area (Å²) in [4.78, 5) is 0. The van der Waals surface area contributed by atoms with Crippen LogP contribution in [0, 0.1) is 6.92 Å². The summed E-state index contributed by atoms with van der Waals surface area (Å²) in [5, 5.41) is 3.41. The Morgan fingerprint density at radius 3 is 2.62 bits per heavy atom. The van der Waals surface area contributed by atoms with Gasteiger partial charge in [0.2, 0.25) is 0 Å². The highest BCUT2D eigenvalue weighted by Crippen LogP contribution is 2.28. The number of hydrogen-bond donors (Lipinski definition) is 1. The van der Waals surface area contributed by atoms with Crippen molar-refractivity contribution in [3.63, 3.8) is 0 Å². The van der Waals surface area contributed by atoms with E-state index < -0.39 is 0 Å². The van der Waals surface area contributed by atoms with Crippen LogP contribution in [-0.2, 0) is 6.54 Å². The molecule has 2 rings (SSSR count). The molecule has 2 aromatic carbocycles. The van der Waals surface area contributed by atoms with Crippen molar-refractivity contribution in [2.75, 3.05) is 6.54 Å². The summed E-state index contributed by atoms with van der Waals surface area (Å²) in [6.45, 7) is 10.2. The lowest BCUT2D eigenvalue weighted by Gasteiger charge is -2.14. The number of nitrogens with one attached hydrogen (secondary N) is 1. The van der Waals surface area contributed by atoms with E-state index in [1.165, 1.54) is 22.3 Å². The van der Waals surface area contributed by atoms with Crippen molar-refractivity contribution in [1.29, 1.82) is 0 Å². The molecule has 112 valence electrons. The topological polar surface area (TPSA) is 21.3 Å². The molecule has 0 radical (unpaired) electrons. The zero-order valence-electron chi connectivity index (χ0n) is 13.4. The maximum Gasteiger partial charge on any atom is 0.120 e. The number of ether oxygens (including phenoxy) is 1. The van der Waals surface area contributed by atoms with E-state index in [4.69, 9.17) is 4.74 Å². The Balaban J connectivity index is 2.37. The lowest BCUT2D eigenvalue weighted by atomic mass is 9.97. The maximum atomic E-state index is 5.81. The molecule has 0 fully saturated rings. The van der Waals surface area contributed by atoms with Gasteiger partial charge in [-0.05, 0) is 56.1 Å².